The molecular formula is C6H14N4O3. The number of hydrogen-bond acceptors (Lipinski definition) is 6. The fourth-order valence-electron chi connectivity index (χ4n) is 0.317. The number of aliphatic hydroxyl groups excluding tert-OH is 3. The maximum Gasteiger partial charge on any atom is 0.0856 e. The van der Waals surface area contributed by atoms with E-state index in [-0.39, 0.29) is 0 Å². The predicted octanol–water partition coefficient (Wildman–Crippen LogP) is -2.53. The lowest BCUT2D eigenvalue weighted by molar-refractivity contribution is 0.0698. The Morgan fingerprint density at radius 3 is 1.85 bits per heavy atom. The van der Waals surface area contributed by atoms with E-state index >= 15 is 0 Å². The molecule has 0 fully saturated rings. The monoisotopic (exact) mass is 190 g/mol. The van der Waals surface area contributed by atoms with Crippen LogP contribution in [-0.2, 0) is 0 Å². The van der Waals surface area contributed by atoms with Crippen molar-refractivity contribution < 1.29 is 15.3 Å². The molecule has 0 saturated carbocycles. The third-order valence-corrected chi connectivity index (χ3v) is 1.28. The summed E-state index contributed by atoms with van der Waals surface area (Å²) in [6, 6.07) is 0. The summed E-state index contributed by atoms with van der Waals surface area (Å²) in [5.74, 6) is 0. The number of nitrogens with zero attached hydrogens (tertiary/aromatic N) is 2. The molecule has 13 heavy (non-hydrogen) atoms. The summed E-state index contributed by atoms with van der Waals surface area (Å²) in [6.07, 6.45) is 3.24. The number of aromatic nitrogens is 3. The SMILES string of the molecule is NC(CO)(CO)CO.c1c[nH]nn1. The van der Waals surface area contributed by atoms with Gasteiger partial charge in [-0.3, -0.25) is 5.10 Å². The van der Waals surface area contributed by atoms with Crippen molar-refractivity contribution in [2.75, 3.05) is 19.8 Å². The number of hydrogen-bond donors (Lipinski definition) is 5. The van der Waals surface area contributed by atoms with Crippen LogP contribution in [0.3, 0.4) is 0 Å². The van der Waals surface area contributed by atoms with Crippen LogP contribution < -0.4 is 5.73 Å². The number of H-pyrrole nitrogens is 1. The van der Waals surface area contributed by atoms with E-state index in [2.05, 4.69) is 15.4 Å². The maximum absolute atomic E-state index is 8.34. The van der Waals surface area contributed by atoms with E-state index in [4.69, 9.17) is 21.1 Å². The van der Waals surface area contributed by atoms with Gasteiger partial charge in [0.1, 0.15) is 0 Å². The van der Waals surface area contributed by atoms with Gasteiger partial charge in [-0.05, 0) is 0 Å². The van der Waals surface area contributed by atoms with E-state index in [1.807, 2.05) is 0 Å². The fourth-order valence-corrected chi connectivity index (χ4v) is 0.317. The van der Waals surface area contributed by atoms with Crippen molar-refractivity contribution in [3.8, 4) is 0 Å². The molecule has 0 radical (unpaired) electrons. The van der Waals surface area contributed by atoms with Crippen molar-refractivity contribution in [2.45, 2.75) is 5.54 Å². The summed E-state index contributed by atoms with van der Waals surface area (Å²) in [4.78, 5) is 0. The van der Waals surface area contributed by atoms with E-state index in [9.17, 15) is 0 Å². The molecule has 0 atom stereocenters. The van der Waals surface area contributed by atoms with Crippen LogP contribution in [0.4, 0.5) is 0 Å². The summed E-state index contributed by atoms with van der Waals surface area (Å²) >= 11 is 0. The minimum Gasteiger partial charge on any atom is -0.394 e. The Labute approximate surface area is 75.2 Å². The van der Waals surface area contributed by atoms with Crippen molar-refractivity contribution in [3.63, 3.8) is 0 Å². The normalized spacial score (nSPS) is 10.5. The Balaban J connectivity index is 0.000000243. The summed E-state index contributed by atoms with van der Waals surface area (Å²) in [6.45, 7) is -1.21. The summed E-state index contributed by atoms with van der Waals surface area (Å²) in [5, 5.41) is 34.3. The number of aliphatic hydroxyl groups is 3. The highest BCUT2D eigenvalue weighted by Gasteiger charge is 2.20. The molecule has 0 spiro atoms. The third-order valence-electron chi connectivity index (χ3n) is 1.28. The molecule has 0 aliphatic rings. The lowest BCUT2D eigenvalue weighted by Gasteiger charge is -2.20. The van der Waals surface area contributed by atoms with Crippen molar-refractivity contribution in [1.29, 1.82) is 0 Å². The summed E-state index contributed by atoms with van der Waals surface area (Å²) in [5.41, 5.74) is 3.94. The van der Waals surface area contributed by atoms with Crippen LogP contribution in [0.2, 0.25) is 0 Å². The zero-order chi connectivity index (χ0) is 10.2. The maximum atomic E-state index is 8.34. The lowest BCUT2D eigenvalue weighted by atomic mass is 10.1. The summed E-state index contributed by atoms with van der Waals surface area (Å²) in [7, 11) is 0. The molecule has 1 aromatic heterocycles. The molecule has 1 heterocycles. The van der Waals surface area contributed by atoms with Crippen LogP contribution in [0.5, 0.6) is 0 Å². The van der Waals surface area contributed by atoms with Crippen molar-refractivity contribution in [1.82, 2.24) is 15.4 Å². The number of aromatic amines is 1. The Bertz CT molecular complexity index is 162. The number of rotatable bonds is 3. The Hall–Kier alpha value is -1.02. The highest BCUT2D eigenvalue weighted by molar-refractivity contribution is 4.80. The van der Waals surface area contributed by atoms with Crippen LogP contribution in [-0.4, -0.2) is 56.1 Å². The lowest BCUT2D eigenvalue weighted by Crippen LogP contribution is -2.50. The molecule has 76 valence electrons. The first-order valence-corrected chi connectivity index (χ1v) is 3.60. The molecule has 7 nitrogen and oxygen atoms in total. The molecule has 1 rings (SSSR count). The summed E-state index contributed by atoms with van der Waals surface area (Å²) < 4.78 is 0. The van der Waals surface area contributed by atoms with Gasteiger partial charge in [0, 0.05) is 6.20 Å². The molecule has 0 saturated heterocycles. The molecular weight excluding hydrogens is 176 g/mol. The highest BCUT2D eigenvalue weighted by Crippen LogP contribution is 1.93. The van der Waals surface area contributed by atoms with Crippen molar-refractivity contribution >= 4 is 0 Å². The van der Waals surface area contributed by atoms with Gasteiger partial charge in [-0.2, -0.15) is 0 Å². The molecule has 0 aromatic carbocycles. The van der Waals surface area contributed by atoms with Gasteiger partial charge in [0.2, 0.25) is 0 Å². The van der Waals surface area contributed by atoms with Crippen LogP contribution >= 0.6 is 0 Å². The van der Waals surface area contributed by atoms with Gasteiger partial charge in [0.15, 0.2) is 0 Å². The molecule has 1 aromatic rings. The zero-order valence-electron chi connectivity index (χ0n) is 7.09. The third kappa shape index (κ3) is 5.26. The standard InChI is InChI=1S/C4H11NO3.C2H3N3/c5-4(1-6,2-7)3-8;1-2-4-5-3-1/h6-8H,1-3,5H2;1-2H,(H,3,4,5). The second kappa shape index (κ2) is 6.49. The Morgan fingerprint density at radius 1 is 1.23 bits per heavy atom. The quantitative estimate of drug-likeness (QED) is 0.357. The molecule has 0 aliphatic heterocycles. The molecule has 0 aliphatic carbocycles. The second-order valence-electron chi connectivity index (χ2n) is 2.50. The minimum atomic E-state index is -1.21. The minimum absolute atomic E-state index is 0.403. The van der Waals surface area contributed by atoms with Gasteiger partial charge in [0.05, 0.1) is 31.6 Å². The zero-order valence-corrected chi connectivity index (χ0v) is 7.09. The van der Waals surface area contributed by atoms with Crippen LogP contribution in [0.25, 0.3) is 0 Å². The Kier molecular flexibility index (Phi) is 5.98. The number of nitrogens with two attached hydrogens (primary N) is 1. The van der Waals surface area contributed by atoms with Crippen molar-refractivity contribution in [3.05, 3.63) is 12.4 Å². The molecule has 6 N–H and O–H groups in total. The second-order valence-corrected chi connectivity index (χ2v) is 2.50. The predicted molar refractivity (Wildman–Crippen MR) is 44.6 cm³/mol. The molecule has 0 bridgehead atoms. The topological polar surface area (TPSA) is 128 Å². The van der Waals surface area contributed by atoms with E-state index in [0.29, 0.717) is 0 Å². The fraction of sp³-hybridized carbons (Fsp3) is 0.667. The van der Waals surface area contributed by atoms with Gasteiger partial charge in [0.25, 0.3) is 0 Å². The average Bonchev–Trinajstić information content (AvgIpc) is 2.75. The first kappa shape index (κ1) is 12.0. The first-order valence-electron chi connectivity index (χ1n) is 3.60. The van der Waals surface area contributed by atoms with Crippen LogP contribution in [0, 0.1) is 0 Å². The average molecular weight is 190 g/mol. The van der Waals surface area contributed by atoms with Gasteiger partial charge < -0.3 is 21.1 Å². The van der Waals surface area contributed by atoms with Gasteiger partial charge >= 0.3 is 0 Å². The van der Waals surface area contributed by atoms with Crippen LogP contribution in [0.1, 0.15) is 0 Å². The highest BCUT2D eigenvalue weighted by atomic mass is 16.3. The van der Waals surface area contributed by atoms with E-state index in [1.165, 1.54) is 0 Å². The smallest absolute Gasteiger partial charge is 0.0856 e. The largest absolute Gasteiger partial charge is 0.394 e. The van der Waals surface area contributed by atoms with Gasteiger partial charge in [-0.25, -0.2) is 0 Å². The van der Waals surface area contributed by atoms with E-state index in [0.717, 1.165) is 0 Å². The number of nitrogens with one attached hydrogen (secondary N) is 1. The first-order chi connectivity index (χ1) is 6.18. The van der Waals surface area contributed by atoms with E-state index < -0.39 is 25.4 Å². The molecule has 0 unspecified atom stereocenters. The van der Waals surface area contributed by atoms with Gasteiger partial charge in [-0.15, -0.1) is 5.10 Å². The van der Waals surface area contributed by atoms with Crippen LogP contribution in [0.15, 0.2) is 12.4 Å². The molecule has 0 amide bonds. The van der Waals surface area contributed by atoms with Crippen molar-refractivity contribution in [2.24, 2.45) is 5.73 Å². The Morgan fingerprint density at radius 2 is 1.77 bits per heavy atom. The van der Waals surface area contributed by atoms with E-state index in [1.54, 1.807) is 12.4 Å². The molecule has 7 heteroatoms. The van der Waals surface area contributed by atoms with Gasteiger partial charge in [-0.1, -0.05) is 5.21 Å².